The van der Waals surface area contributed by atoms with Crippen molar-refractivity contribution in [2.45, 2.75) is 46.0 Å². The van der Waals surface area contributed by atoms with E-state index in [1.807, 2.05) is 0 Å². The summed E-state index contributed by atoms with van der Waals surface area (Å²) in [5, 5.41) is 3.19. The number of anilines is 1. The summed E-state index contributed by atoms with van der Waals surface area (Å²) in [5.41, 5.74) is 0.523. The Labute approximate surface area is 113 Å². The van der Waals surface area contributed by atoms with Crippen LogP contribution >= 0.6 is 0 Å². The maximum atomic E-state index is 11.5. The van der Waals surface area contributed by atoms with E-state index in [2.05, 4.69) is 17.2 Å². The van der Waals surface area contributed by atoms with E-state index in [0.29, 0.717) is 18.0 Å². The van der Waals surface area contributed by atoms with E-state index in [1.165, 1.54) is 38.4 Å². The van der Waals surface area contributed by atoms with Crippen LogP contribution in [0.1, 0.15) is 56.4 Å². The first kappa shape index (κ1) is 13.9. The summed E-state index contributed by atoms with van der Waals surface area (Å²) in [6.45, 7) is 5.22. The van der Waals surface area contributed by atoms with Crippen molar-refractivity contribution >= 4 is 12.0 Å². The van der Waals surface area contributed by atoms with Crippen molar-refractivity contribution in [2.75, 3.05) is 18.5 Å². The normalized spacial score (nSPS) is 18.0. The van der Waals surface area contributed by atoms with Crippen LogP contribution in [0.5, 0.6) is 0 Å². The van der Waals surface area contributed by atoms with Gasteiger partial charge in [0.15, 0.2) is 5.69 Å². The van der Waals surface area contributed by atoms with E-state index < -0.39 is 5.97 Å². The molecule has 0 radical (unpaired) electrons. The predicted molar refractivity (Wildman–Crippen MR) is 72.1 cm³/mol. The number of esters is 1. The summed E-state index contributed by atoms with van der Waals surface area (Å²) in [6, 6.07) is 0.398. The Morgan fingerprint density at radius 2 is 2.21 bits per heavy atom. The van der Waals surface area contributed by atoms with Gasteiger partial charge in [0.2, 0.25) is 0 Å². The lowest BCUT2D eigenvalue weighted by atomic mass is 9.76. The van der Waals surface area contributed by atoms with Crippen LogP contribution in [0.2, 0.25) is 0 Å². The van der Waals surface area contributed by atoms with Gasteiger partial charge in [-0.25, -0.2) is 4.79 Å². The molecule has 1 saturated carbocycles. The summed E-state index contributed by atoms with van der Waals surface area (Å²) in [6.07, 6.45) is 7.71. The van der Waals surface area contributed by atoms with Crippen LogP contribution in [-0.4, -0.2) is 24.1 Å². The van der Waals surface area contributed by atoms with Gasteiger partial charge in [0.05, 0.1) is 6.61 Å². The molecule has 106 valence electrons. The van der Waals surface area contributed by atoms with E-state index in [-0.39, 0.29) is 5.69 Å². The third kappa shape index (κ3) is 3.72. The van der Waals surface area contributed by atoms with Crippen molar-refractivity contribution in [3.05, 3.63) is 12.0 Å². The molecule has 0 spiro atoms. The Morgan fingerprint density at radius 3 is 2.89 bits per heavy atom. The van der Waals surface area contributed by atoms with Crippen molar-refractivity contribution in [3.8, 4) is 0 Å². The van der Waals surface area contributed by atoms with Gasteiger partial charge in [-0.2, -0.15) is 4.98 Å². The molecule has 1 heterocycles. The minimum absolute atomic E-state index is 0.221. The quantitative estimate of drug-likeness (QED) is 0.829. The summed E-state index contributed by atoms with van der Waals surface area (Å²) < 4.78 is 10.1. The van der Waals surface area contributed by atoms with Crippen LogP contribution in [-0.2, 0) is 4.74 Å². The molecule has 1 aliphatic rings. The van der Waals surface area contributed by atoms with Crippen LogP contribution in [0, 0.1) is 5.41 Å². The number of hydrogen-bond donors (Lipinski definition) is 1. The highest BCUT2D eigenvalue weighted by molar-refractivity contribution is 5.87. The number of nitrogens with one attached hydrogen (secondary N) is 1. The molecule has 0 saturated heterocycles. The second-order valence-electron chi connectivity index (χ2n) is 5.48. The first-order valence-electron chi connectivity index (χ1n) is 6.99. The minimum Gasteiger partial charge on any atom is -0.461 e. The Bertz CT molecular complexity index is 422. The lowest BCUT2D eigenvalue weighted by Crippen LogP contribution is -2.29. The van der Waals surface area contributed by atoms with Crippen LogP contribution in [0.3, 0.4) is 0 Å². The molecular formula is C14H22N2O3. The van der Waals surface area contributed by atoms with Gasteiger partial charge in [-0.05, 0) is 25.2 Å². The van der Waals surface area contributed by atoms with Gasteiger partial charge in [0, 0.05) is 6.54 Å². The SMILES string of the molecule is CCOC(=O)c1coc(NCC2(C)CCCCC2)n1. The van der Waals surface area contributed by atoms with Crippen molar-refractivity contribution in [2.24, 2.45) is 5.41 Å². The monoisotopic (exact) mass is 266 g/mol. The molecule has 19 heavy (non-hydrogen) atoms. The fraction of sp³-hybridized carbons (Fsp3) is 0.714. The maximum absolute atomic E-state index is 11.5. The highest BCUT2D eigenvalue weighted by Crippen LogP contribution is 2.35. The fourth-order valence-corrected chi connectivity index (χ4v) is 2.52. The van der Waals surface area contributed by atoms with Crippen LogP contribution in [0.4, 0.5) is 6.01 Å². The van der Waals surface area contributed by atoms with Gasteiger partial charge in [0.25, 0.3) is 6.01 Å². The molecule has 1 aromatic heterocycles. The largest absolute Gasteiger partial charge is 0.461 e. The molecule has 1 aliphatic carbocycles. The molecule has 2 rings (SSSR count). The first-order chi connectivity index (χ1) is 9.13. The molecule has 5 heteroatoms. The Hall–Kier alpha value is -1.52. The van der Waals surface area contributed by atoms with Crippen molar-refractivity contribution in [3.63, 3.8) is 0 Å². The Morgan fingerprint density at radius 1 is 1.47 bits per heavy atom. The van der Waals surface area contributed by atoms with Crippen LogP contribution in [0.15, 0.2) is 10.7 Å². The molecule has 1 aromatic rings. The van der Waals surface area contributed by atoms with E-state index in [4.69, 9.17) is 9.15 Å². The number of carbonyl (C=O) groups is 1. The fourth-order valence-electron chi connectivity index (χ4n) is 2.52. The molecule has 5 nitrogen and oxygen atoms in total. The smallest absolute Gasteiger partial charge is 0.360 e. The van der Waals surface area contributed by atoms with Crippen LogP contribution in [0.25, 0.3) is 0 Å². The standard InChI is InChI=1S/C14H22N2O3/c1-3-18-12(17)11-9-19-13(16-11)15-10-14(2)7-5-4-6-8-14/h9H,3-8,10H2,1-2H3,(H,15,16). The van der Waals surface area contributed by atoms with E-state index in [0.717, 1.165) is 6.54 Å². The second-order valence-corrected chi connectivity index (χ2v) is 5.48. The van der Waals surface area contributed by atoms with E-state index in [1.54, 1.807) is 6.92 Å². The van der Waals surface area contributed by atoms with Gasteiger partial charge in [-0.1, -0.05) is 26.2 Å². The summed E-state index contributed by atoms with van der Waals surface area (Å²) in [4.78, 5) is 15.5. The highest BCUT2D eigenvalue weighted by atomic mass is 16.5. The Kier molecular flexibility index (Phi) is 4.45. The van der Waals surface area contributed by atoms with E-state index in [9.17, 15) is 4.79 Å². The summed E-state index contributed by atoms with van der Waals surface area (Å²) in [5.74, 6) is -0.442. The zero-order valence-corrected chi connectivity index (χ0v) is 11.7. The van der Waals surface area contributed by atoms with E-state index >= 15 is 0 Å². The van der Waals surface area contributed by atoms with Crippen molar-refractivity contribution < 1.29 is 13.9 Å². The van der Waals surface area contributed by atoms with Gasteiger partial charge >= 0.3 is 5.97 Å². The number of carbonyl (C=O) groups excluding carboxylic acids is 1. The van der Waals surface area contributed by atoms with Gasteiger partial charge in [-0.3, -0.25) is 0 Å². The van der Waals surface area contributed by atoms with Crippen molar-refractivity contribution in [1.29, 1.82) is 0 Å². The molecule has 0 amide bonds. The number of ether oxygens (including phenoxy) is 1. The number of rotatable bonds is 5. The molecule has 0 bridgehead atoms. The topological polar surface area (TPSA) is 64.4 Å². The lowest BCUT2D eigenvalue weighted by Gasteiger charge is -2.33. The predicted octanol–water partition coefficient (Wildman–Crippen LogP) is 3.23. The molecule has 1 N–H and O–H groups in total. The first-order valence-corrected chi connectivity index (χ1v) is 6.99. The summed E-state index contributed by atoms with van der Waals surface area (Å²) >= 11 is 0. The minimum atomic E-state index is -0.442. The average Bonchev–Trinajstić information content (AvgIpc) is 2.87. The number of hydrogen-bond acceptors (Lipinski definition) is 5. The third-order valence-electron chi connectivity index (χ3n) is 3.72. The zero-order valence-electron chi connectivity index (χ0n) is 11.7. The number of aromatic nitrogens is 1. The van der Waals surface area contributed by atoms with Crippen molar-refractivity contribution in [1.82, 2.24) is 4.98 Å². The Balaban J connectivity index is 1.87. The molecular weight excluding hydrogens is 244 g/mol. The van der Waals surface area contributed by atoms with Gasteiger partial charge in [-0.15, -0.1) is 0 Å². The van der Waals surface area contributed by atoms with Gasteiger partial charge in [0.1, 0.15) is 6.26 Å². The van der Waals surface area contributed by atoms with Gasteiger partial charge < -0.3 is 14.5 Å². The second kappa shape index (κ2) is 6.08. The van der Waals surface area contributed by atoms with Crippen LogP contribution < -0.4 is 5.32 Å². The summed E-state index contributed by atoms with van der Waals surface area (Å²) in [7, 11) is 0. The average molecular weight is 266 g/mol. The zero-order chi connectivity index (χ0) is 13.7. The number of oxazole rings is 1. The molecule has 0 aromatic carbocycles. The number of nitrogens with zero attached hydrogens (tertiary/aromatic N) is 1. The molecule has 0 atom stereocenters. The third-order valence-corrected chi connectivity index (χ3v) is 3.72. The molecule has 0 unspecified atom stereocenters. The molecule has 1 fully saturated rings. The highest BCUT2D eigenvalue weighted by Gasteiger charge is 2.27. The molecule has 0 aliphatic heterocycles. The maximum Gasteiger partial charge on any atom is 0.360 e. The lowest BCUT2D eigenvalue weighted by molar-refractivity contribution is 0.0519.